The highest BCUT2D eigenvalue weighted by Crippen LogP contribution is 2.15. The van der Waals surface area contributed by atoms with Gasteiger partial charge in [0.2, 0.25) is 0 Å². The Morgan fingerprint density at radius 1 is 0.344 bits per heavy atom. The highest BCUT2D eigenvalue weighted by molar-refractivity contribution is 5.71. The van der Waals surface area contributed by atoms with E-state index in [2.05, 4.69) is 81.5 Å². The van der Waals surface area contributed by atoms with Crippen LogP contribution in [0.5, 0.6) is 0 Å². The van der Waals surface area contributed by atoms with E-state index >= 15 is 0 Å². The quantitative estimate of drug-likeness (QED) is 0.0263. The summed E-state index contributed by atoms with van der Waals surface area (Å²) in [7, 11) is 0. The number of unbranched alkanes of at least 4 members (excludes halogenated alkanes) is 25. The van der Waals surface area contributed by atoms with Crippen molar-refractivity contribution >= 4 is 17.9 Å². The van der Waals surface area contributed by atoms with E-state index in [-0.39, 0.29) is 31.1 Å². The largest absolute Gasteiger partial charge is 0.462 e. The molecule has 0 rings (SSSR count). The van der Waals surface area contributed by atoms with Gasteiger partial charge in [0.1, 0.15) is 13.2 Å². The summed E-state index contributed by atoms with van der Waals surface area (Å²) in [5.74, 6) is -0.899. The number of allylic oxidation sites excluding steroid dienone is 10. The molecule has 0 spiro atoms. The van der Waals surface area contributed by atoms with E-state index in [0.717, 1.165) is 96.3 Å². The minimum Gasteiger partial charge on any atom is -0.462 e. The summed E-state index contributed by atoms with van der Waals surface area (Å²) >= 11 is 0. The van der Waals surface area contributed by atoms with E-state index in [0.29, 0.717) is 19.3 Å². The van der Waals surface area contributed by atoms with Gasteiger partial charge in [0.15, 0.2) is 6.10 Å². The summed E-state index contributed by atoms with van der Waals surface area (Å²) in [6, 6.07) is 0. The van der Waals surface area contributed by atoms with Crippen LogP contribution in [0.2, 0.25) is 0 Å². The Balaban J connectivity index is 4.39. The van der Waals surface area contributed by atoms with Crippen molar-refractivity contribution in [1.29, 1.82) is 0 Å². The molecule has 6 heteroatoms. The lowest BCUT2D eigenvalue weighted by Gasteiger charge is -2.18. The van der Waals surface area contributed by atoms with Crippen molar-refractivity contribution in [3.8, 4) is 0 Å². The van der Waals surface area contributed by atoms with Crippen molar-refractivity contribution in [2.45, 2.75) is 258 Å². The van der Waals surface area contributed by atoms with E-state index in [1.807, 2.05) is 0 Å². The second-order valence-electron chi connectivity index (χ2n) is 17.0. The minimum atomic E-state index is -0.782. The Bertz CT molecular complexity index is 1120. The van der Waals surface area contributed by atoms with Gasteiger partial charge in [-0.05, 0) is 96.3 Å². The van der Waals surface area contributed by atoms with Gasteiger partial charge in [-0.15, -0.1) is 0 Å². The number of carbonyl (C=O) groups excluding carboxylic acids is 3. The number of esters is 3. The van der Waals surface area contributed by atoms with Crippen LogP contribution >= 0.6 is 0 Å². The van der Waals surface area contributed by atoms with Crippen LogP contribution in [0, 0.1) is 0 Å². The number of hydrogen-bond donors (Lipinski definition) is 0. The summed E-state index contributed by atoms with van der Waals surface area (Å²) in [4.78, 5) is 38.0. The van der Waals surface area contributed by atoms with Gasteiger partial charge in [0, 0.05) is 19.3 Å². The van der Waals surface area contributed by atoms with Crippen molar-refractivity contribution in [1.82, 2.24) is 0 Å². The van der Waals surface area contributed by atoms with E-state index in [1.165, 1.54) is 116 Å². The first-order chi connectivity index (χ1) is 30.0. The molecular formula is C55H96O6. The average Bonchev–Trinajstić information content (AvgIpc) is 3.26. The van der Waals surface area contributed by atoms with Gasteiger partial charge in [-0.25, -0.2) is 0 Å². The third kappa shape index (κ3) is 48.0. The third-order valence-electron chi connectivity index (χ3n) is 11.0. The van der Waals surface area contributed by atoms with Crippen molar-refractivity contribution < 1.29 is 28.6 Å². The Kier molecular flexibility index (Phi) is 47.4. The standard InChI is InChI=1S/C55H96O6/c1-4-7-10-13-16-19-22-25-28-31-33-36-39-42-45-48-54(57)60-51-52(61-55(58)49-46-43-40-37-34-30-27-24-21-18-15-12-9-6-3)50-59-53(56)47-44-41-38-35-32-29-26-23-20-17-14-11-8-5-2/h8-9,11-12,17-22,52H,4-7,10,13-16,23-51H2,1-3H3/b11-8-,12-9-,20-17-,21-18-,22-19-. The van der Waals surface area contributed by atoms with Crippen LogP contribution < -0.4 is 0 Å². The lowest BCUT2D eigenvalue weighted by atomic mass is 10.1. The maximum Gasteiger partial charge on any atom is 0.306 e. The molecule has 0 heterocycles. The fourth-order valence-corrected chi connectivity index (χ4v) is 7.16. The summed E-state index contributed by atoms with van der Waals surface area (Å²) < 4.78 is 16.8. The molecule has 6 nitrogen and oxygen atoms in total. The second-order valence-corrected chi connectivity index (χ2v) is 17.0. The molecule has 0 aliphatic carbocycles. The first-order valence-electron chi connectivity index (χ1n) is 25.8. The molecule has 0 aromatic rings. The Hall–Kier alpha value is -2.89. The summed E-state index contributed by atoms with van der Waals surface area (Å²) in [5.41, 5.74) is 0. The Morgan fingerprint density at radius 3 is 1.00 bits per heavy atom. The molecule has 0 saturated heterocycles. The lowest BCUT2D eigenvalue weighted by Crippen LogP contribution is -2.30. The van der Waals surface area contributed by atoms with Crippen LogP contribution in [0.15, 0.2) is 60.8 Å². The third-order valence-corrected chi connectivity index (χ3v) is 11.0. The molecule has 0 N–H and O–H groups in total. The van der Waals surface area contributed by atoms with Crippen molar-refractivity contribution in [3.63, 3.8) is 0 Å². The molecule has 0 aliphatic heterocycles. The van der Waals surface area contributed by atoms with E-state index < -0.39 is 6.10 Å². The molecule has 0 radical (unpaired) electrons. The zero-order chi connectivity index (χ0) is 44.4. The zero-order valence-electron chi connectivity index (χ0n) is 40.2. The fourth-order valence-electron chi connectivity index (χ4n) is 7.16. The van der Waals surface area contributed by atoms with Gasteiger partial charge < -0.3 is 14.2 Å². The first kappa shape index (κ1) is 58.1. The fraction of sp³-hybridized carbons (Fsp3) is 0.764. The number of ether oxygens (including phenoxy) is 3. The summed E-state index contributed by atoms with van der Waals surface area (Å²) in [6.45, 7) is 6.41. The molecule has 0 amide bonds. The molecule has 0 aromatic carbocycles. The summed E-state index contributed by atoms with van der Waals surface area (Å²) in [6.07, 6.45) is 60.6. The zero-order valence-corrected chi connectivity index (χ0v) is 40.2. The molecule has 1 unspecified atom stereocenters. The van der Waals surface area contributed by atoms with E-state index in [1.54, 1.807) is 0 Å². The first-order valence-corrected chi connectivity index (χ1v) is 25.8. The lowest BCUT2D eigenvalue weighted by molar-refractivity contribution is -0.167. The molecule has 352 valence electrons. The molecule has 0 fully saturated rings. The topological polar surface area (TPSA) is 78.9 Å². The van der Waals surface area contributed by atoms with Crippen LogP contribution in [-0.4, -0.2) is 37.2 Å². The molecule has 0 aromatic heterocycles. The molecule has 0 saturated carbocycles. The molecule has 0 aliphatic rings. The van der Waals surface area contributed by atoms with E-state index in [4.69, 9.17) is 14.2 Å². The van der Waals surface area contributed by atoms with Crippen LogP contribution in [0.4, 0.5) is 0 Å². The number of carbonyl (C=O) groups is 3. The number of hydrogen-bond acceptors (Lipinski definition) is 6. The van der Waals surface area contributed by atoms with Crippen LogP contribution in [0.25, 0.3) is 0 Å². The van der Waals surface area contributed by atoms with Crippen LogP contribution in [0.1, 0.15) is 252 Å². The predicted octanol–water partition coefficient (Wildman–Crippen LogP) is 16.9. The predicted molar refractivity (Wildman–Crippen MR) is 261 cm³/mol. The van der Waals surface area contributed by atoms with Crippen LogP contribution in [0.3, 0.4) is 0 Å². The molecule has 1 atom stereocenters. The van der Waals surface area contributed by atoms with Gasteiger partial charge >= 0.3 is 17.9 Å². The van der Waals surface area contributed by atoms with Crippen LogP contribution in [-0.2, 0) is 28.6 Å². The maximum atomic E-state index is 12.8. The molecular weight excluding hydrogens is 757 g/mol. The normalized spacial score (nSPS) is 12.5. The Morgan fingerprint density at radius 2 is 0.639 bits per heavy atom. The van der Waals surface area contributed by atoms with Crippen molar-refractivity contribution in [3.05, 3.63) is 60.8 Å². The van der Waals surface area contributed by atoms with Crippen molar-refractivity contribution in [2.24, 2.45) is 0 Å². The van der Waals surface area contributed by atoms with Crippen molar-refractivity contribution in [2.75, 3.05) is 13.2 Å². The van der Waals surface area contributed by atoms with Gasteiger partial charge in [0.05, 0.1) is 0 Å². The van der Waals surface area contributed by atoms with Gasteiger partial charge in [-0.1, -0.05) is 197 Å². The SMILES string of the molecule is CC/C=C\C/C=C\CCCCCCCCCC(=O)OCC(COC(=O)CCCCCCCCC/C=C\CCCCCC)OC(=O)CCCCCCCCC/C=C\C/C=C\CC. The highest BCUT2D eigenvalue weighted by atomic mass is 16.6. The second kappa shape index (κ2) is 49.8. The van der Waals surface area contributed by atoms with E-state index in [9.17, 15) is 14.4 Å². The Labute approximate surface area is 377 Å². The minimum absolute atomic E-state index is 0.0820. The molecule has 0 bridgehead atoms. The highest BCUT2D eigenvalue weighted by Gasteiger charge is 2.19. The number of rotatable bonds is 46. The van der Waals surface area contributed by atoms with Gasteiger partial charge in [-0.3, -0.25) is 14.4 Å². The van der Waals surface area contributed by atoms with Gasteiger partial charge in [-0.2, -0.15) is 0 Å². The van der Waals surface area contributed by atoms with Gasteiger partial charge in [0.25, 0.3) is 0 Å². The monoisotopic (exact) mass is 853 g/mol. The maximum absolute atomic E-state index is 12.8. The molecule has 61 heavy (non-hydrogen) atoms. The smallest absolute Gasteiger partial charge is 0.306 e. The summed E-state index contributed by atoms with van der Waals surface area (Å²) in [5, 5.41) is 0. The average molecular weight is 853 g/mol.